The van der Waals surface area contributed by atoms with Crippen molar-refractivity contribution >= 4 is 37.6 Å². The third-order valence-corrected chi connectivity index (χ3v) is 11.2. The van der Waals surface area contributed by atoms with Gasteiger partial charge >= 0.3 is 6.09 Å². The van der Waals surface area contributed by atoms with Gasteiger partial charge in [0.05, 0.1) is 12.7 Å². The van der Waals surface area contributed by atoms with E-state index in [4.69, 9.17) is 37.1 Å². The summed E-state index contributed by atoms with van der Waals surface area (Å²) in [5.41, 5.74) is 1.01. The second-order valence-corrected chi connectivity index (χ2v) is 16.9. The van der Waals surface area contributed by atoms with Crippen LogP contribution in [0.1, 0.15) is 53.5 Å². The summed E-state index contributed by atoms with van der Waals surface area (Å²) >= 11 is 12.4. The Kier molecular flexibility index (Phi) is 10.2. The Hall–Kier alpha value is -1.87. The van der Waals surface area contributed by atoms with Gasteiger partial charge in [-0.3, -0.25) is 0 Å². The highest BCUT2D eigenvalue weighted by Crippen LogP contribution is 2.37. The van der Waals surface area contributed by atoms with Crippen molar-refractivity contribution in [3.8, 4) is 17.1 Å². The summed E-state index contributed by atoms with van der Waals surface area (Å²) in [6.07, 6.45) is -0.190. The molecule has 36 heavy (non-hydrogen) atoms. The number of nitrogens with one attached hydrogen (secondary N) is 1. The zero-order valence-corrected chi connectivity index (χ0v) is 25.3. The lowest BCUT2D eigenvalue weighted by Crippen LogP contribution is -2.46. The van der Waals surface area contributed by atoms with Gasteiger partial charge in [0.2, 0.25) is 0 Å². The predicted molar refractivity (Wildman–Crippen MR) is 149 cm³/mol. The second-order valence-electron chi connectivity index (χ2n) is 11.4. The molecule has 1 heterocycles. The summed E-state index contributed by atoms with van der Waals surface area (Å²) in [4.78, 5) is 20.8. The fourth-order valence-electron chi connectivity index (χ4n) is 2.90. The number of ether oxygens (including phenoxy) is 2. The summed E-state index contributed by atoms with van der Waals surface area (Å²) in [5, 5.41) is 3.45. The van der Waals surface area contributed by atoms with Gasteiger partial charge in [0.15, 0.2) is 14.1 Å². The fourth-order valence-corrected chi connectivity index (χ4v) is 4.66. The lowest BCUT2D eigenvalue weighted by Gasteiger charge is -2.39. The van der Waals surface area contributed by atoms with Crippen molar-refractivity contribution in [3.05, 3.63) is 40.1 Å². The highest BCUT2D eigenvalue weighted by Gasteiger charge is 2.39. The van der Waals surface area contributed by atoms with Gasteiger partial charge < -0.3 is 19.2 Å². The zero-order chi connectivity index (χ0) is 27.3. The standard InChI is InChI=1S/C26H39Cl2N3O4Si/c1-17-21(27)29-23(30-22(17)28)18-11-10-12-19(15-18)34-16-20(35-36(8,9)26(5,6)7)13-14-33-24(32)31-25(2,3)4/h10-12,15,20H,13-14,16H2,1-9H3,(H,31,32)/t20-/m0/s1. The summed E-state index contributed by atoms with van der Waals surface area (Å²) < 4.78 is 18.1. The number of carbonyl (C=O) groups is 1. The maximum atomic E-state index is 12.1. The second kappa shape index (κ2) is 12.1. The van der Waals surface area contributed by atoms with E-state index in [1.165, 1.54) is 0 Å². The maximum Gasteiger partial charge on any atom is 0.407 e. The predicted octanol–water partition coefficient (Wildman–Crippen LogP) is 7.44. The van der Waals surface area contributed by atoms with Crippen LogP contribution in [0.25, 0.3) is 11.4 Å². The Morgan fingerprint density at radius 1 is 1.08 bits per heavy atom. The van der Waals surface area contributed by atoms with Crippen molar-refractivity contribution in [2.75, 3.05) is 13.2 Å². The molecule has 0 unspecified atom stereocenters. The number of aromatic nitrogens is 2. The van der Waals surface area contributed by atoms with Gasteiger partial charge in [-0.15, -0.1) is 0 Å². The molecule has 1 N–H and O–H groups in total. The van der Waals surface area contributed by atoms with E-state index < -0.39 is 14.4 Å². The van der Waals surface area contributed by atoms with Crippen LogP contribution in [0, 0.1) is 6.92 Å². The van der Waals surface area contributed by atoms with Crippen molar-refractivity contribution < 1.29 is 18.7 Å². The topological polar surface area (TPSA) is 82.6 Å². The third-order valence-electron chi connectivity index (χ3n) is 5.97. The van der Waals surface area contributed by atoms with E-state index in [1.54, 1.807) is 6.92 Å². The molecule has 1 aromatic heterocycles. The Morgan fingerprint density at radius 3 is 2.25 bits per heavy atom. The van der Waals surface area contributed by atoms with E-state index in [9.17, 15) is 4.79 Å². The van der Waals surface area contributed by atoms with Crippen LogP contribution in [0.5, 0.6) is 5.75 Å². The van der Waals surface area contributed by atoms with Crippen LogP contribution in [-0.2, 0) is 9.16 Å². The molecule has 0 spiro atoms. The lowest BCUT2D eigenvalue weighted by molar-refractivity contribution is 0.0766. The first-order chi connectivity index (χ1) is 16.5. The number of carbonyl (C=O) groups excluding carboxylic acids is 1. The molecule has 1 aromatic carbocycles. The van der Waals surface area contributed by atoms with E-state index in [0.29, 0.717) is 40.5 Å². The molecule has 1 amide bonds. The molecule has 0 aliphatic carbocycles. The van der Waals surface area contributed by atoms with Crippen molar-refractivity contribution in [1.82, 2.24) is 15.3 Å². The van der Waals surface area contributed by atoms with Crippen LogP contribution in [0.4, 0.5) is 4.79 Å². The molecule has 0 bridgehead atoms. The van der Waals surface area contributed by atoms with E-state index >= 15 is 0 Å². The first-order valence-electron chi connectivity index (χ1n) is 12.0. The summed E-state index contributed by atoms with van der Waals surface area (Å²) in [7, 11) is -2.09. The monoisotopic (exact) mass is 555 g/mol. The van der Waals surface area contributed by atoms with Gasteiger partial charge in [0, 0.05) is 23.1 Å². The Labute approximate surface area is 226 Å². The molecule has 7 nitrogen and oxygen atoms in total. The number of hydrogen-bond donors (Lipinski definition) is 1. The molecule has 1 atom stereocenters. The first kappa shape index (κ1) is 30.4. The molecule has 2 aromatic rings. The molecular weight excluding hydrogens is 517 g/mol. The molecule has 200 valence electrons. The van der Waals surface area contributed by atoms with Crippen molar-refractivity contribution in [2.45, 2.75) is 84.7 Å². The van der Waals surface area contributed by atoms with Crippen molar-refractivity contribution in [3.63, 3.8) is 0 Å². The van der Waals surface area contributed by atoms with Gasteiger partial charge in [0.25, 0.3) is 0 Å². The number of hydrogen-bond acceptors (Lipinski definition) is 6. The average Bonchev–Trinajstić information content (AvgIpc) is 2.73. The van der Waals surface area contributed by atoms with E-state index in [1.807, 2.05) is 45.0 Å². The summed E-state index contributed by atoms with van der Waals surface area (Å²) in [6.45, 7) is 19.0. The molecule has 2 rings (SSSR count). The number of nitrogens with zero attached hydrogens (tertiary/aromatic N) is 2. The van der Waals surface area contributed by atoms with Crippen molar-refractivity contribution in [2.24, 2.45) is 0 Å². The smallest absolute Gasteiger partial charge is 0.407 e. The van der Waals surface area contributed by atoms with Crippen LogP contribution < -0.4 is 10.1 Å². The van der Waals surface area contributed by atoms with Gasteiger partial charge in [-0.25, -0.2) is 14.8 Å². The lowest BCUT2D eigenvalue weighted by atomic mass is 10.1. The minimum Gasteiger partial charge on any atom is -0.491 e. The Morgan fingerprint density at radius 2 is 1.69 bits per heavy atom. The van der Waals surface area contributed by atoms with E-state index in [0.717, 1.165) is 5.56 Å². The minimum atomic E-state index is -2.09. The molecule has 0 fully saturated rings. The highest BCUT2D eigenvalue weighted by atomic mass is 35.5. The highest BCUT2D eigenvalue weighted by molar-refractivity contribution is 6.74. The average molecular weight is 557 g/mol. The molecule has 0 aliphatic rings. The Bertz CT molecular complexity index is 1030. The number of rotatable bonds is 9. The van der Waals surface area contributed by atoms with Crippen LogP contribution in [0.3, 0.4) is 0 Å². The molecule has 0 aliphatic heterocycles. The van der Waals surface area contributed by atoms with Crippen LogP contribution in [-0.4, -0.2) is 49.2 Å². The van der Waals surface area contributed by atoms with Crippen molar-refractivity contribution in [1.29, 1.82) is 0 Å². The molecule has 0 saturated carbocycles. The van der Waals surface area contributed by atoms with Crippen LogP contribution in [0.2, 0.25) is 28.4 Å². The largest absolute Gasteiger partial charge is 0.491 e. The Balaban J connectivity index is 2.13. The van der Waals surface area contributed by atoms with Gasteiger partial charge in [-0.2, -0.15) is 0 Å². The SMILES string of the molecule is Cc1c(Cl)nc(-c2cccc(OC[C@H](CCOC(=O)NC(C)(C)C)O[Si](C)(C)C(C)(C)C)c2)nc1Cl. The number of benzene rings is 1. The summed E-state index contributed by atoms with van der Waals surface area (Å²) in [6, 6.07) is 7.43. The van der Waals surface area contributed by atoms with Crippen LogP contribution in [0.15, 0.2) is 24.3 Å². The van der Waals surface area contributed by atoms with E-state index in [2.05, 4.69) is 49.1 Å². The zero-order valence-electron chi connectivity index (χ0n) is 22.8. The molecule has 0 radical (unpaired) electrons. The summed E-state index contributed by atoms with van der Waals surface area (Å²) in [5.74, 6) is 1.06. The maximum absolute atomic E-state index is 12.1. The number of alkyl carbamates (subject to hydrolysis) is 1. The quantitative estimate of drug-likeness (QED) is 0.255. The molecule has 10 heteroatoms. The number of halogens is 2. The van der Waals surface area contributed by atoms with E-state index in [-0.39, 0.29) is 23.3 Å². The minimum absolute atomic E-state index is 0.0248. The fraction of sp³-hybridized carbons (Fsp3) is 0.577. The molecule has 0 saturated heterocycles. The normalized spacial score (nSPS) is 13.3. The van der Waals surface area contributed by atoms with Gasteiger partial charge in [-0.05, 0) is 58.0 Å². The van der Waals surface area contributed by atoms with Gasteiger partial charge in [-0.1, -0.05) is 56.1 Å². The molecular formula is C26H39Cl2N3O4Si. The number of amides is 1. The first-order valence-corrected chi connectivity index (χ1v) is 15.7. The third kappa shape index (κ3) is 9.21. The van der Waals surface area contributed by atoms with Gasteiger partial charge in [0.1, 0.15) is 22.7 Å². The van der Waals surface area contributed by atoms with Crippen LogP contribution >= 0.6 is 23.2 Å².